The Hall–Kier alpha value is -3.15. The summed E-state index contributed by atoms with van der Waals surface area (Å²) in [5, 5.41) is 0. The van der Waals surface area contributed by atoms with Gasteiger partial charge in [0.05, 0.1) is 6.61 Å². The maximum atomic E-state index is 12.3. The second-order valence-electron chi connectivity index (χ2n) is 7.61. The maximum Gasteiger partial charge on any atom is 0.318 e. The first-order valence-corrected chi connectivity index (χ1v) is 11.0. The molecule has 2 aliphatic heterocycles. The number of carbonyl (C=O) groups excluding carboxylic acids is 3. The molecule has 2 aromatic carbocycles. The van der Waals surface area contributed by atoms with Crippen molar-refractivity contribution in [1.82, 2.24) is 0 Å². The Morgan fingerprint density at radius 2 is 1.45 bits per heavy atom. The topological polar surface area (TPSA) is 66.9 Å². The second kappa shape index (κ2) is 11.3. The molecule has 0 aliphatic carbocycles. The molecule has 1 atom stereocenters. The van der Waals surface area contributed by atoms with E-state index >= 15 is 0 Å². The largest absolute Gasteiger partial charge is 0.465 e. The van der Waals surface area contributed by atoms with Crippen LogP contribution in [0.4, 0.5) is 11.4 Å². The molecule has 2 fully saturated rings. The lowest BCUT2D eigenvalue weighted by atomic mass is 9.96. The molecule has 2 aromatic rings. The molecule has 6 heteroatoms. The minimum atomic E-state index is -0.640. The molecule has 2 amide bonds. The Labute approximate surface area is 183 Å². The molecule has 0 radical (unpaired) electrons. The Morgan fingerprint density at radius 1 is 0.871 bits per heavy atom. The molecule has 2 saturated heterocycles. The molecular formula is C25H30N2O4. The summed E-state index contributed by atoms with van der Waals surface area (Å²) in [6.07, 6.45) is 4.28. The van der Waals surface area contributed by atoms with Gasteiger partial charge in [0, 0.05) is 30.9 Å². The van der Waals surface area contributed by atoms with Crippen molar-refractivity contribution < 1.29 is 19.1 Å². The molecule has 0 N–H and O–H groups in total. The third-order valence-corrected chi connectivity index (χ3v) is 5.47. The van der Waals surface area contributed by atoms with Gasteiger partial charge in [0.1, 0.15) is 5.92 Å². The van der Waals surface area contributed by atoms with Gasteiger partial charge in [-0.2, -0.15) is 0 Å². The van der Waals surface area contributed by atoms with Crippen LogP contribution in [0, 0.1) is 5.92 Å². The zero-order valence-electron chi connectivity index (χ0n) is 18.0. The summed E-state index contributed by atoms with van der Waals surface area (Å²) in [5.74, 6) is -0.926. The van der Waals surface area contributed by atoms with Crippen molar-refractivity contribution in [2.45, 2.75) is 39.0 Å². The molecule has 0 saturated carbocycles. The van der Waals surface area contributed by atoms with Gasteiger partial charge in [0.2, 0.25) is 11.8 Å². The van der Waals surface area contributed by atoms with Gasteiger partial charge in [-0.25, -0.2) is 0 Å². The summed E-state index contributed by atoms with van der Waals surface area (Å²) in [7, 11) is 0. The zero-order valence-corrected chi connectivity index (χ0v) is 18.0. The number of piperidine rings is 2. The SMILES string of the molecule is CCOC(=O)C1CCCN(c2ccccc2)C1=O.O=C1CCCCN1c1ccccc1. The van der Waals surface area contributed by atoms with Crippen LogP contribution in [0.15, 0.2) is 60.7 Å². The molecule has 0 bridgehead atoms. The third-order valence-electron chi connectivity index (χ3n) is 5.47. The normalized spacial score (nSPS) is 18.8. The van der Waals surface area contributed by atoms with Crippen molar-refractivity contribution in [1.29, 1.82) is 0 Å². The Balaban J connectivity index is 0.000000185. The number of nitrogens with zero attached hydrogens (tertiary/aromatic N) is 2. The number of hydrogen-bond acceptors (Lipinski definition) is 4. The number of hydrogen-bond donors (Lipinski definition) is 0. The van der Waals surface area contributed by atoms with Crippen molar-refractivity contribution in [2.75, 3.05) is 29.5 Å². The highest BCUT2D eigenvalue weighted by atomic mass is 16.5. The van der Waals surface area contributed by atoms with Crippen LogP contribution in [0.25, 0.3) is 0 Å². The average Bonchev–Trinajstić information content (AvgIpc) is 2.81. The predicted octanol–water partition coefficient (Wildman–Crippen LogP) is 4.20. The number of anilines is 2. The second-order valence-corrected chi connectivity index (χ2v) is 7.61. The van der Waals surface area contributed by atoms with Crippen LogP contribution in [0.1, 0.15) is 39.0 Å². The standard InChI is InChI=1S/C14H17NO3.C11H13NO/c1-2-18-14(17)12-9-6-10-15(13(12)16)11-7-4-3-5-8-11;13-11-8-4-5-9-12(11)10-6-2-1-3-7-10/h3-5,7-8,12H,2,6,9-10H2,1H3;1-3,6-7H,4-5,8-9H2. The first-order valence-electron chi connectivity index (χ1n) is 11.0. The van der Waals surface area contributed by atoms with E-state index in [2.05, 4.69) is 0 Å². The highest BCUT2D eigenvalue weighted by molar-refractivity contribution is 6.06. The van der Waals surface area contributed by atoms with Gasteiger partial charge in [-0.1, -0.05) is 36.4 Å². The van der Waals surface area contributed by atoms with Crippen LogP contribution in [-0.2, 0) is 19.1 Å². The van der Waals surface area contributed by atoms with Crippen molar-refractivity contribution >= 4 is 29.2 Å². The van der Waals surface area contributed by atoms with Crippen molar-refractivity contribution in [3.8, 4) is 0 Å². The van der Waals surface area contributed by atoms with Gasteiger partial charge in [0.15, 0.2) is 0 Å². The number of ether oxygens (including phenoxy) is 1. The van der Waals surface area contributed by atoms with Crippen molar-refractivity contribution in [3.05, 3.63) is 60.7 Å². The summed E-state index contributed by atoms with van der Waals surface area (Å²) in [6, 6.07) is 19.3. The summed E-state index contributed by atoms with van der Waals surface area (Å²) >= 11 is 0. The van der Waals surface area contributed by atoms with E-state index in [0.29, 0.717) is 26.0 Å². The predicted molar refractivity (Wildman–Crippen MR) is 121 cm³/mol. The van der Waals surface area contributed by atoms with Crippen LogP contribution in [-0.4, -0.2) is 37.5 Å². The van der Waals surface area contributed by atoms with E-state index in [0.717, 1.165) is 37.2 Å². The summed E-state index contributed by atoms with van der Waals surface area (Å²) in [6.45, 7) is 3.61. The number of amides is 2. The van der Waals surface area contributed by atoms with E-state index in [1.54, 1.807) is 11.8 Å². The lowest BCUT2D eigenvalue weighted by Gasteiger charge is -2.31. The van der Waals surface area contributed by atoms with Crippen LogP contribution in [0.2, 0.25) is 0 Å². The summed E-state index contributed by atoms with van der Waals surface area (Å²) in [5.41, 5.74) is 1.88. The first-order chi connectivity index (χ1) is 15.1. The average molecular weight is 423 g/mol. The van der Waals surface area contributed by atoms with E-state index in [4.69, 9.17) is 4.74 Å². The molecule has 6 nitrogen and oxygen atoms in total. The van der Waals surface area contributed by atoms with Gasteiger partial charge in [-0.15, -0.1) is 0 Å². The monoisotopic (exact) mass is 422 g/mol. The molecule has 2 heterocycles. The van der Waals surface area contributed by atoms with E-state index in [1.165, 1.54) is 0 Å². The molecular weight excluding hydrogens is 392 g/mol. The molecule has 1 unspecified atom stereocenters. The third kappa shape index (κ3) is 5.94. The number of benzene rings is 2. The highest BCUT2D eigenvalue weighted by Gasteiger charge is 2.35. The van der Waals surface area contributed by atoms with Crippen LogP contribution < -0.4 is 9.80 Å². The first kappa shape index (κ1) is 22.5. The molecule has 0 aromatic heterocycles. The van der Waals surface area contributed by atoms with E-state index in [-0.39, 0.29) is 11.8 Å². The molecule has 0 spiro atoms. The number of carbonyl (C=O) groups is 3. The number of para-hydroxylation sites is 2. The Morgan fingerprint density at radius 3 is 2.03 bits per heavy atom. The fourth-order valence-electron chi connectivity index (χ4n) is 3.89. The van der Waals surface area contributed by atoms with Crippen LogP contribution >= 0.6 is 0 Å². The fraction of sp³-hybridized carbons (Fsp3) is 0.400. The maximum absolute atomic E-state index is 12.3. The fourth-order valence-corrected chi connectivity index (χ4v) is 3.89. The van der Waals surface area contributed by atoms with Crippen LogP contribution in [0.3, 0.4) is 0 Å². The molecule has 4 rings (SSSR count). The summed E-state index contributed by atoms with van der Waals surface area (Å²) in [4.78, 5) is 39.1. The molecule has 2 aliphatic rings. The van der Waals surface area contributed by atoms with Gasteiger partial charge >= 0.3 is 5.97 Å². The number of rotatable bonds is 4. The van der Waals surface area contributed by atoms with Gasteiger partial charge in [-0.05, 0) is 56.9 Å². The van der Waals surface area contributed by atoms with Crippen LogP contribution in [0.5, 0.6) is 0 Å². The smallest absolute Gasteiger partial charge is 0.318 e. The van der Waals surface area contributed by atoms with Crippen molar-refractivity contribution in [2.24, 2.45) is 5.92 Å². The van der Waals surface area contributed by atoms with Gasteiger partial charge in [-0.3, -0.25) is 14.4 Å². The quantitative estimate of drug-likeness (QED) is 0.547. The molecule has 164 valence electrons. The lowest BCUT2D eigenvalue weighted by Crippen LogP contribution is -2.44. The Bertz CT molecular complexity index is 870. The van der Waals surface area contributed by atoms with E-state index in [9.17, 15) is 14.4 Å². The van der Waals surface area contributed by atoms with Gasteiger partial charge in [0.25, 0.3) is 0 Å². The highest BCUT2D eigenvalue weighted by Crippen LogP contribution is 2.25. The van der Waals surface area contributed by atoms with Gasteiger partial charge < -0.3 is 14.5 Å². The minimum absolute atomic E-state index is 0.147. The van der Waals surface area contributed by atoms with E-state index < -0.39 is 11.9 Å². The molecule has 31 heavy (non-hydrogen) atoms. The minimum Gasteiger partial charge on any atom is -0.465 e. The Kier molecular flexibility index (Phi) is 8.21. The number of esters is 1. The van der Waals surface area contributed by atoms with E-state index in [1.807, 2.05) is 65.6 Å². The summed E-state index contributed by atoms with van der Waals surface area (Å²) < 4.78 is 4.95. The zero-order chi connectivity index (χ0) is 22.1. The van der Waals surface area contributed by atoms with Crippen molar-refractivity contribution in [3.63, 3.8) is 0 Å². The lowest BCUT2D eigenvalue weighted by molar-refractivity contribution is -0.152.